The molecule has 0 saturated carbocycles. The van der Waals surface area contributed by atoms with Crippen LogP contribution in [0.5, 0.6) is 5.75 Å². The Hall–Kier alpha value is -2.93. The molecule has 0 bridgehead atoms. The van der Waals surface area contributed by atoms with Crippen molar-refractivity contribution >= 4 is 21.8 Å². The molecular formula is C20H18BrN3O3. The van der Waals surface area contributed by atoms with E-state index >= 15 is 0 Å². The highest BCUT2D eigenvalue weighted by Gasteiger charge is 2.08. The molecule has 1 aromatic heterocycles. The molecule has 7 heteroatoms. The van der Waals surface area contributed by atoms with E-state index in [-0.39, 0.29) is 18.0 Å². The molecule has 0 atom stereocenters. The molecule has 1 amide bonds. The minimum atomic E-state index is -0.328. The first-order valence-electron chi connectivity index (χ1n) is 8.29. The molecule has 0 fully saturated rings. The number of hydrogen-bond acceptors (Lipinski definition) is 4. The van der Waals surface area contributed by atoms with Crippen molar-refractivity contribution in [3.05, 3.63) is 81.1 Å². The second kappa shape index (κ2) is 8.64. The summed E-state index contributed by atoms with van der Waals surface area (Å²) in [6.07, 6.45) is 0. The fraction of sp³-hybridized carbons (Fsp3) is 0.150. The van der Waals surface area contributed by atoms with Crippen LogP contribution in [0.2, 0.25) is 0 Å². The van der Waals surface area contributed by atoms with E-state index in [1.807, 2.05) is 48.5 Å². The van der Waals surface area contributed by atoms with Gasteiger partial charge in [-0.25, -0.2) is 4.68 Å². The number of nitrogens with zero attached hydrogens (tertiary/aromatic N) is 2. The predicted octanol–water partition coefficient (Wildman–Crippen LogP) is 3.00. The predicted molar refractivity (Wildman–Crippen MR) is 106 cm³/mol. The van der Waals surface area contributed by atoms with Crippen molar-refractivity contribution in [2.45, 2.75) is 13.1 Å². The van der Waals surface area contributed by atoms with Gasteiger partial charge >= 0.3 is 0 Å². The largest absolute Gasteiger partial charge is 0.497 e. The number of hydrogen-bond donors (Lipinski definition) is 1. The topological polar surface area (TPSA) is 73.2 Å². The van der Waals surface area contributed by atoms with Crippen molar-refractivity contribution in [2.75, 3.05) is 7.11 Å². The van der Waals surface area contributed by atoms with Crippen molar-refractivity contribution in [1.82, 2.24) is 15.1 Å². The van der Waals surface area contributed by atoms with E-state index in [1.165, 1.54) is 6.07 Å². The van der Waals surface area contributed by atoms with Crippen LogP contribution in [0.25, 0.3) is 11.3 Å². The average Bonchev–Trinajstić information content (AvgIpc) is 2.68. The first-order chi connectivity index (χ1) is 13.0. The molecule has 0 spiro atoms. The zero-order valence-electron chi connectivity index (χ0n) is 14.7. The number of aromatic nitrogens is 2. The normalized spacial score (nSPS) is 10.4. The summed E-state index contributed by atoms with van der Waals surface area (Å²) >= 11 is 3.42. The summed E-state index contributed by atoms with van der Waals surface area (Å²) in [6.45, 7) is 0.195. The lowest BCUT2D eigenvalue weighted by Crippen LogP contribution is -2.33. The highest BCUT2D eigenvalue weighted by molar-refractivity contribution is 9.10. The van der Waals surface area contributed by atoms with E-state index in [0.29, 0.717) is 12.2 Å². The summed E-state index contributed by atoms with van der Waals surface area (Å²) in [4.78, 5) is 24.3. The van der Waals surface area contributed by atoms with Gasteiger partial charge in [-0.05, 0) is 35.9 Å². The number of halogens is 1. The summed E-state index contributed by atoms with van der Waals surface area (Å²) in [5.41, 5.74) is 2.06. The molecule has 138 valence electrons. The van der Waals surface area contributed by atoms with Gasteiger partial charge in [-0.2, -0.15) is 5.10 Å². The van der Waals surface area contributed by atoms with Crippen molar-refractivity contribution in [3.63, 3.8) is 0 Å². The van der Waals surface area contributed by atoms with Crippen LogP contribution in [-0.2, 0) is 17.9 Å². The van der Waals surface area contributed by atoms with Gasteiger partial charge in [0, 0.05) is 22.6 Å². The van der Waals surface area contributed by atoms with Crippen LogP contribution in [0.3, 0.4) is 0 Å². The van der Waals surface area contributed by atoms with Gasteiger partial charge in [0.25, 0.3) is 5.56 Å². The maximum Gasteiger partial charge on any atom is 0.267 e. The SMILES string of the molecule is COc1cccc(CNC(=O)Cn2nc(-c3cccc(Br)c3)ccc2=O)c1. The van der Waals surface area contributed by atoms with Crippen LogP contribution >= 0.6 is 15.9 Å². The van der Waals surface area contributed by atoms with Crippen LogP contribution in [0, 0.1) is 0 Å². The van der Waals surface area contributed by atoms with Gasteiger partial charge in [0.05, 0.1) is 12.8 Å². The van der Waals surface area contributed by atoms with E-state index in [4.69, 9.17) is 4.74 Å². The Morgan fingerprint density at radius 3 is 2.74 bits per heavy atom. The quantitative estimate of drug-likeness (QED) is 0.655. The number of ether oxygens (including phenoxy) is 1. The van der Waals surface area contributed by atoms with Gasteiger partial charge in [0.2, 0.25) is 5.91 Å². The van der Waals surface area contributed by atoms with Crippen molar-refractivity contribution in [1.29, 1.82) is 0 Å². The van der Waals surface area contributed by atoms with Crippen LogP contribution in [0.1, 0.15) is 5.56 Å². The van der Waals surface area contributed by atoms with E-state index in [9.17, 15) is 9.59 Å². The monoisotopic (exact) mass is 427 g/mol. The first kappa shape index (κ1) is 18.8. The Kier molecular flexibility index (Phi) is 6.03. The molecule has 3 rings (SSSR count). The second-order valence-corrected chi connectivity index (χ2v) is 6.77. The summed E-state index contributed by atoms with van der Waals surface area (Å²) in [5.74, 6) is 0.431. The third kappa shape index (κ3) is 5.04. The number of methoxy groups -OCH3 is 1. The van der Waals surface area contributed by atoms with Gasteiger partial charge in [-0.3, -0.25) is 9.59 Å². The lowest BCUT2D eigenvalue weighted by Gasteiger charge is -2.09. The fourth-order valence-corrected chi connectivity index (χ4v) is 2.94. The van der Waals surface area contributed by atoms with E-state index in [0.717, 1.165) is 26.0 Å². The minimum absolute atomic E-state index is 0.148. The third-order valence-corrected chi connectivity index (χ3v) is 4.40. The smallest absolute Gasteiger partial charge is 0.267 e. The number of amides is 1. The molecule has 1 heterocycles. The number of carbonyl (C=O) groups is 1. The lowest BCUT2D eigenvalue weighted by molar-refractivity contribution is -0.122. The maximum absolute atomic E-state index is 12.2. The van der Waals surface area contributed by atoms with Crippen molar-refractivity contribution in [3.8, 4) is 17.0 Å². The molecule has 6 nitrogen and oxygen atoms in total. The van der Waals surface area contributed by atoms with Crippen LogP contribution in [0.4, 0.5) is 0 Å². The molecule has 2 aromatic carbocycles. The van der Waals surface area contributed by atoms with Gasteiger partial charge < -0.3 is 10.1 Å². The molecule has 0 radical (unpaired) electrons. The van der Waals surface area contributed by atoms with E-state index in [2.05, 4.69) is 26.3 Å². The lowest BCUT2D eigenvalue weighted by atomic mass is 10.1. The van der Waals surface area contributed by atoms with Crippen molar-refractivity contribution < 1.29 is 9.53 Å². The molecule has 0 aliphatic rings. The number of carbonyl (C=O) groups excluding carboxylic acids is 1. The Bertz CT molecular complexity index is 1020. The van der Waals surface area contributed by atoms with Crippen LogP contribution in [-0.4, -0.2) is 22.8 Å². The maximum atomic E-state index is 12.2. The summed E-state index contributed by atoms with van der Waals surface area (Å²) in [7, 11) is 1.59. The van der Waals surface area contributed by atoms with Crippen LogP contribution < -0.4 is 15.6 Å². The molecule has 27 heavy (non-hydrogen) atoms. The van der Waals surface area contributed by atoms with Gasteiger partial charge in [-0.15, -0.1) is 0 Å². The molecule has 0 aliphatic heterocycles. The molecule has 3 aromatic rings. The van der Waals surface area contributed by atoms with Crippen molar-refractivity contribution in [2.24, 2.45) is 0 Å². The third-order valence-electron chi connectivity index (χ3n) is 3.90. The molecule has 0 saturated heterocycles. The number of rotatable bonds is 6. The van der Waals surface area contributed by atoms with Gasteiger partial charge in [0.1, 0.15) is 12.3 Å². The summed E-state index contributed by atoms with van der Waals surface area (Å²) in [5, 5.41) is 7.10. The number of benzene rings is 2. The fourth-order valence-electron chi connectivity index (χ4n) is 2.54. The highest BCUT2D eigenvalue weighted by Crippen LogP contribution is 2.20. The molecule has 1 N–H and O–H groups in total. The van der Waals surface area contributed by atoms with Crippen LogP contribution in [0.15, 0.2) is 69.9 Å². The Morgan fingerprint density at radius 2 is 1.96 bits per heavy atom. The standard InChI is InChI=1S/C20H18BrN3O3/c1-27-17-7-2-4-14(10-17)12-22-19(25)13-24-20(26)9-8-18(23-24)15-5-3-6-16(21)11-15/h2-11H,12-13H2,1H3,(H,22,25). The summed E-state index contributed by atoms with van der Waals surface area (Å²) < 4.78 is 7.24. The van der Waals surface area contributed by atoms with Gasteiger partial charge in [0.15, 0.2) is 0 Å². The van der Waals surface area contributed by atoms with E-state index in [1.54, 1.807) is 13.2 Å². The second-order valence-electron chi connectivity index (χ2n) is 5.85. The highest BCUT2D eigenvalue weighted by atomic mass is 79.9. The first-order valence-corrected chi connectivity index (χ1v) is 9.08. The average molecular weight is 428 g/mol. The minimum Gasteiger partial charge on any atom is -0.497 e. The zero-order valence-corrected chi connectivity index (χ0v) is 16.3. The molecule has 0 aliphatic carbocycles. The van der Waals surface area contributed by atoms with Gasteiger partial charge in [-0.1, -0.05) is 40.2 Å². The molecule has 0 unspecified atom stereocenters. The Morgan fingerprint density at radius 1 is 1.15 bits per heavy atom. The molecular weight excluding hydrogens is 410 g/mol. The zero-order chi connectivity index (χ0) is 19.2. The van der Waals surface area contributed by atoms with E-state index < -0.39 is 0 Å². The Balaban J connectivity index is 1.70. The number of nitrogens with one attached hydrogen (secondary N) is 1. The summed E-state index contributed by atoms with van der Waals surface area (Å²) in [6, 6.07) is 18.1. The Labute approximate surface area is 164 Å².